The van der Waals surface area contributed by atoms with Crippen molar-refractivity contribution >= 4 is 51.5 Å². The van der Waals surface area contributed by atoms with Crippen molar-refractivity contribution in [3.63, 3.8) is 0 Å². The molecule has 6 nitrogen and oxygen atoms in total. The van der Waals surface area contributed by atoms with Crippen molar-refractivity contribution in [2.45, 2.75) is 18.9 Å². The summed E-state index contributed by atoms with van der Waals surface area (Å²) in [5.74, 6) is 0.874. The van der Waals surface area contributed by atoms with E-state index in [0.717, 1.165) is 54.2 Å². The number of piperidine rings is 1. The van der Waals surface area contributed by atoms with E-state index in [1.54, 1.807) is 6.20 Å². The molecule has 8 heteroatoms. The zero-order chi connectivity index (χ0) is 19.3. The number of fused-ring (bicyclic) bond motifs is 1. The molecule has 0 aliphatic carbocycles. The minimum atomic E-state index is 0.160. The molecule has 28 heavy (non-hydrogen) atoms. The summed E-state index contributed by atoms with van der Waals surface area (Å²) in [5, 5.41) is 0.516. The predicted molar refractivity (Wildman–Crippen MR) is 121 cm³/mol. The van der Waals surface area contributed by atoms with Crippen LogP contribution in [0.4, 0.5) is 11.6 Å². The molecule has 146 valence electrons. The number of benzene rings is 1. The van der Waals surface area contributed by atoms with Gasteiger partial charge in [0.1, 0.15) is 5.15 Å². The van der Waals surface area contributed by atoms with Crippen molar-refractivity contribution in [2.75, 3.05) is 36.0 Å². The van der Waals surface area contributed by atoms with E-state index in [2.05, 4.69) is 72.7 Å². The molecular weight excluding hydrogens is 487 g/mol. The number of nitrogens with zero attached hydrogens (tertiary/aromatic N) is 5. The summed E-state index contributed by atoms with van der Waals surface area (Å²) in [6.07, 6.45) is 5.87. The van der Waals surface area contributed by atoms with Gasteiger partial charge in [0.25, 0.3) is 0 Å². The lowest BCUT2D eigenvalue weighted by Gasteiger charge is -2.42. The standard InChI is InChI=1S/C20H22ClIN6/c21-17-16(22)18-24-8-11-28(18)19(25-17)26-9-6-20(7-10-26)13-27(12-15(20)23)14-4-2-1-3-5-14/h1-5,8,11,15H,6-7,9-10,12-13,23H2/t15-/m1/s1. The number of rotatable bonds is 2. The van der Waals surface area contributed by atoms with Crippen molar-refractivity contribution in [1.82, 2.24) is 14.4 Å². The molecule has 5 rings (SSSR count). The van der Waals surface area contributed by atoms with E-state index >= 15 is 0 Å². The Kier molecular flexibility index (Phi) is 4.64. The van der Waals surface area contributed by atoms with Crippen LogP contribution in [-0.4, -0.2) is 46.6 Å². The van der Waals surface area contributed by atoms with E-state index in [0.29, 0.717) is 5.15 Å². The number of para-hydroxylation sites is 1. The Balaban J connectivity index is 1.37. The zero-order valence-corrected chi connectivity index (χ0v) is 18.3. The first kappa shape index (κ1) is 18.4. The van der Waals surface area contributed by atoms with Gasteiger partial charge in [-0.05, 0) is 47.6 Å². The highest BCUT2D eigenvalue weighted by atomic mass is 127. The quantitative estimate of drug-likeness (QED) is 0.425. The molecule has 0 radical (unpaired) electrons. The molecule has 2 aromatic heterocycles. The largest absolute Gasteiger partial charge is 0.369 e. The fraction of sp³-hybridized carbons (Fsp3) is 0.400. The molecule has 1 atom stereocenters. The Labute approximate surface area is 182 Å². The van der Waals surface area contributed by atoms with Gasteiger partial charge < -0.3 is 15.5 Å². The summed E-state index contributed by atoms with van der Waals surface area (Å²) >= 11 is 8.58. The Morgan fingerprint density at radius 3 is 2.64 bits per heavy atom. The van der Waals surface area contributed by atoms with Crippen LogP contribution in [0.25, 0.3) is 5.65 Å². The Hall–Kier alpha value is -1.58. The van der Waals surface area contributed by atoms with Gasteiger partial charge in [-0.15, -0.1) is 0 Å². The van der Waals surface area contributed by atoms with E-state index in [1.165, 1.54) is 5.69 Å². The van der Waals surface area contributed by atoms with Crippen LogP contribution < -0.4 is 15.5 Å². The number of hydrogen-bond acceptors (Lipinski definition) is 5. The van der Waals surface area contributed by atoms with Gasteiger partial charge in [0.2, 0.25) is 5.95 Å². The van der Waals surface area contributed by atoms with Crippen molar-refractivity contribution in [2.24, 2.45) is 11.1 Å². The average molecular weight is 509 g/mol. The van der Waals surface area contributed by atoms with Crippen LogP contribution in [0, 0.1) is 8.99 Å². The van der Waals surface area contributed by atoms with Crippen LogP contribution >= 0.6 is 34.2 Å². The summed E-state index contributed by atoms with van der Waals surface area (Å²) in [7, 11) is 0. The molecule has 2 N–H and O–H groups in total. The third kappa shape index (κ3) is 2.95. The molecule has 2 aliphatic rings. The Morgan fingerprint density at radius 1 is 1.14 bits per heavy atom. The molecule has 1 spiro atoms. The predicted octanol–water partition coefficient (Wildman–Crippen LogP) is 3.42. The molecule has 3 aromatic rings. The fourth-order valence-corrected chi connectivity index (χ4v) is 5.32. The second-order valence-corrected chi connectivity index (χ2v) is 9.25. The maximum absolute atomic E-state index is 6.66. The topological polar surface area (TPSA) is 62.7 Å². The molecule has 0 amide bonds. The van der Waals surface area contributed by atoms with Gasteiger partial charge in [0, 0.05) is 55.7 Å². The number of hydrogen-bond donors (Lipinski definition) is 1. The van der Waals surface area contributed by atoms with E-state index in [-0.39, 0.29) is 11.5 Å². The van der Waals surface area contributed by atoms with Gasteiger partial charge in [-0.3, -0.25) is 4.40 Å². The van der Waals surface area contributed by atoms with E-state index in [4.69, 9.17) is 17.3 Å². The first-order chi connectivity index (χ1) is 13.6. The monoisotopic (exact) mass is 508 g/mol. The second-order valence-electron chi connectivity index (χ2n) is 7.81. The maximum atomic E-state index is 6.66. The molecule has 2 saturated heterocycles. The molecule has 2 aliphatic heterocycles. The summed E-state index contributed by atoms with van der Waals surface area (Å²) in [6.45, 7) is 3.79. The van der Waals surface area contributed by atoms with Crippen LogP contribution in [0.2, 0.25) is 5.15 Å². The molecule has 0 saturated carbocycles. The highest BCUT2D eigenvalue weighted by Crippen LogP contribution is 2.42. The second kappa shape index (κ2) is 7.03. The summed E-state index contributed by atoms with van der Waals surface area (Å²) in [5.41, 5.74) is 8.95. The minimum absolute atomic E-state index is 0.160. The average Bonchev–Trinajstić information content (AvgIpc) is 3.32. The zero-order valence-electron chi connectivity index (χ0n) is 15.4. The number of halogens is 2. The highest BCUT2D eigenvalue weighted by molar-refractivity contribution is 14.1. The SMILES string of the molecule is N[C@@H]1CN(c2ccccc2)CC12CCN(c1nc(Cl)c(I)c3nccn13)CC2. The lowest BCUT2D eigenvalue weighted by molar-refractivity contribution is 0.220. The summed E-state index contributed by atoms with van der Waals surface area (Å²) in [6, 6.07) is 10.8. The molecule has 2 fully saturated rings. The normalized spacial score (nSPS) is 21.8. The smallest absolute Gasteiger partial charge is 0.212 e. The van der Waals surface area contributed by atoms with Crippen LogP contribution in [0.15, 0.2) is 42.7 Å². The number of imidazole rings is 1. The number of nitrogens with two attached hydrogens (primary N) is 1. The minimum Gasteiger partial charge on any atom is -0.369 e. The van der Waals surface area contributed by atoms with Crippen LogP contribution in [0.3, 0.4) is 0 Å². The Bertz CT molecular complexity index is 999. The van der Waals surface area contributed by atoms with E-state index < -0.39 is 0 Å². The number of anilines is 2. The molecule has 1 aromatic carbocycles. The third-order valence-electron chi connectivity index (χ3n) is 6.30. The van der Waals surface area contributed by atoms with Crippen LogP contribution in [0.1, 0.15) is 12.8 Å². The third-order valence-corrected chi connectivity index (χ3v) is 7.89. The highest BCUT2D eigenvalue weighted by Gasteiger charge is 2.46. The van der Waals surface area contributed by atoms with Gasteiger partial charge in [-0.1, -0.05) is 29.8 Å². The van der Waals surface area contributed by atoms with Gasteiger partial charge in [-0.2, -0.15) is 0 Å². The van der Waals surface area contributed by atoms with Crippen molar-refractivity contribution in [3.8, 4) is 0 Å². The van der Waals surface area contributed by atoms with Gasteiger partial charge in [0.15, 0.2) is 5.65 Å². The first-order valence-corrected chi connectivity index (χ1v) is 11.0. The summed E-state index contributed by atoms with van der Waals surface area (Å²) < 4.78 is 2.93. The molecule has 0 unspecified atom stereocenters. The summed E-state index contributed by atoms with van der Waals surface area (Å²) in [4.78, 5) is 13.9. The molecule has 0 bridgehead atoms. The van der Waals surface area contributed by atoms with Crippen molar-refractivity contribution in [1.29, 1.82) is 0 Å². The lowest BCUT2D eigenvalue weighted by Crippen LogP contribution is -2.49. The van der Waals surface area contributed by atoms with Gasteiger partial charge in [0.05, 0.1) is 3.57 Å². The molecule has 4 heterocycles. The molecular formula is C20H22ClIN6. The van der Waals surface area contributed by atoms with Crippen molar-refractivity contribution in [3.05, 3.63) is 51.4 Å². The fourth-order valence-electron chi connectivity index (χ4n) is 4.64. The van der Waals surface area contributed by atoms with Gasteiger partial charge >= 0.3 is 0 Å². The van der Waals surface area contributed by atoms with Crippen LogP contribution in [-0.2, 0) is 0 Å². The van der Waals surface area contributed by atoms with Gasteiger partial charge in [-0.25, -0.2) is 9.97 Å². The maximum Gasteiger partial charge on any atom is 0.212 e. The van der Waals surface area contributed by atoms with Crippen molar-refractivity contribution < 1.29 is 0 Å². The number of aromatic nitrogens is 3. The van der Waals surface area contributed by atoms with E-state index in [1.807, 2.05) is 10.6 Å². The van der Waals surface area contributed by atoms with Crippen LogP contribution in [0.5, 0.6) is 0 Å². The lowest BCUT2D eigenvalue weighted by atomic mass is 9.75. The van der Waals surface area contributed by atoms with E-state index in [9.17, 15) is 0 Å². The first-order valence-electron chi connectivity index (χ1n) is 9.56. The Morgan fingerprint density at radius 2 is 1.89 bits per heavy atom.